The van der Waals surface area contributed by atoms with E-state index in [-0.39, 0.29) is 5.41 Å². The summed E-state index contributed by atoms with van der Waals surface area (Å²) >= 11 is 0. The van der Waals surface area contributed by atoms with Gasteiger partial charge in [0.05, 0.1) is 11.5 Å². The smallest absolute Gasteiger partial charge is 0.0689 e. The fraction of sp³-hybridized carbons (Fsp3) is 0.593. The predicted octanol–water partition coefficient (Wildman–Crippen LogP) is 8.46. The van der Waals surface area contributed by atoms with Crippen molar-refractivity contribution in [1.82, 2.24) is 0 Å². The van der Waals surface area contributed by atoms with E-state index in [2.05, 4.69) is 104 Å². The highest BCUT2D eigenvalue weighted by atomic mass is 14.5. The molecule has 1 unspecified atom stereocenters. The van der Waals surface area contributed by atoms with Crippen LogP contribution in [0.4, 0.5) is 0 Å². The lowest BCUT2D eigenvalue weighted by atomic mass is 9.59. The number of nitriles is 1. The Balaban J connectivity index is 3.21. The SMILES string of the molecule is CC(C)=CCC/C(=C\CC(c1ccccc1)C(C)(C)C(C)(C)C#N)CC(C)C. The Kier molecular flexibility index (Phi) is 9.22. The van der Waals surface area contributed by atoms with Gasteiger partial charge < -0.3 is 0 Å². The molecule has 1 aromatic rings. The highest BCUT2D eigenvalue weighted by Gasteiger charge is 2.43. The molecule has 0 heterocycles. The molecule has 0 spiro atoms. The predicted molar refractivity (Wildman–Crippen MR) is 123 cm³/mol. The van der Waals surface area contributed by atoms with Crippen molar-refractivity contribution in [2.45, 2.75) is 87.0 Å². The molecule has 0 aliphatic carbocycles. The molecule has 0 saturated carbocycles. The molecule has 0 aromatic heterocycles. The van der Waals surface area contributed by atoms with Crippen LogP contribution in [0.5, 0.6) is 0 Å². The Morgan fingerprint density at radius 1 is 1.04 bits per heavy atom. The molecule has 0 aliphatic heterocycles. The Labute approximate surface area is 174 Å². The van der Waals surface area contributed by atoms with E-state index in [9.17, 15) is 5.26 Å². The topological polar surface area (TPSA) is 23.8 Å². The third-order valence-electron chi connectivity index (χ3n) is 6.29. The van der Waals surface area contributed by atoms with E-state index >= 15 is 0 Å². The minimum Gasteiger partial charge on any atom is -0.198 e. The number of hydrogen-bond donors (Lipinski definition) is 0. The first-order valence-electron chi connectivity index (χ1n) is 10.8. The Morgan fingerprint density at radius 3 is 2.14 bits per heavy atom. The minimum atomic E-state index is -0.401. The van der Waals surface area contributed by atoms with Gasteiger partial charge in [-0.2, -0.15) is 5.26 Å². The summed E-state index contributed by atoms with van der Waals surface area (Å²) in [5, 5.41) is 9.82. The van der Waals surface area contributed by atoms with Crippen LogP contribution >= 0.6 is 0 Å². The van der Waals surface area contributed by atoms with E-state index < -0.39 is 5.41 Å². The number of hydrogen-bond acceptors (Lipinski definition) is 1. The minimum absolute atomic E-state index is 0.136. The Bertz CT molecular complexity index is 692. The quantitative estimate of drug-likeness (QED) is 0.374. The Hall–Kier alpha value is -1.81. The number of rotatable bonds is 10. The average Bonchev–Trinajstić information content (AvgIpc) is 2.61. The van der Waals surface area contributed by atoms with Gasteiger partial charge in [0.1, 0.15) is 0 Å². The molecular formula is C27H41N. The van der Waals surface area contributed by atoms with Crippen molar-refractivity contribution in [3.63, 3.8) is 0 Å². The van der Waals surface area contributed by atoms with E-state index in [4.69, 9.17) is 0 Å². The van der Waals surface area contributed by atoms with Crippen LogP contribution in [-0.4, -0.2) is 0 Å². The molecule has 1 aromatic carbocycles. The highest BCUT2D eigenvalue weighted by Crippen LogP contribution is 2.50. The van der Waals surface area contributed by atoms with E-state index in [1.165, 1.54) is 11.1 Å². The molecule has 0 bridgehead atoms. The van der Waals surface area contributed by atoms with Gasteiger partial charge in [-0.25, -0.2) is 0 Å². The number of allylic oxidation sites excluding steroid dienone is 4. The molecule has 28 heavy (non-hydrogen) atoms. The normalized spacial score (nSPS) is 13.9. The zero-order valence-corrected chi connectivity index (χ0v) is 19.5. The third-order valence-corrected chi connectivity index (χ3v) is 6.29. The monoisotopic (exact) mass is 379 g/mol. The molecule has 0 aliphatic rings. The number of nitrogens with zero attached hydrogens (tertiary/aromatic N) is 1. The van der Waals surface area contributed by atoms with Gasteiger partial charge >= 0.3 is 0 Å². The second-order valence-electron chi connectivity index (χ2n) is 9.94. The maximum Gasteiger partial charge on any atom is 0.0689 e. The van der Waals surface area contributed by atoms with Crippen LogP contribution in [0, 0.1) is 28.1 Å². The molecule has 154 valence electrons. The summed E-state index contributed by atoms with van der Waals surface area (Å²) in [6, 6.07) is 13.3. The summed E-state index contributed by atoms with van der Waals surface area (Å²) in [6.45, 7) is 17.6. The standard InChI is InChI=1S/C27H41N/c1-21(2)13-12-14-23(19-22(3)4)17-18-25(24-15-10-9-11-16-24)27(7,8)26(5,6)20-28/h9-11,13,15-17,22,25H,12,14,18-19H2,1-8H3/b23-17+. The first kappa shape index (κ1) is 24.2. The van der Waals surface area contributed by atoms with E-state index in [1.54, 1.807) is 5.57 Å². The maximum absolute atomic E-state index is 9.82. The van der Waals surface area contributed by atoms with Crippen molar-refractivity contribution in [2.75, 3.05) is 0 Å². The second kappa shape index (κ2) is 10.7. The lowest BCUT2D eigenvalue weighted by molar-refractivity contribution is 0.130. The fourth-order valence-corrected chi connectivity index (χ4v) is 3.75. The fourth-order valence-electron chi connectivity index (χ4n) is 3.75. The van der Waals surface area contributed by atoms with Crippen LogP contribution in [0.2, 0.25) is 0 Å². The zero-order valence-electron chi connectivity index (χ0n) is 19.5. The van der Waals surface area contributed by atoms with Crippen molar-refractivity contribution in [1.29, 1.82) is 5.26 Å². The van der Waals surface area contributed by atoms with Gasteiger partial charge in [0.15, 0.2) is 0 Å². The summed E-state index contributed by atoms with van der Waals surface area (Å²) in [5.74, 6) is 0.977. The molecule has 1 nitrogen and oxygen atoms in total. The van der Waals surface area contributed by atoms with E-state index in [1.807, 2.05) is 0 Å². The molecule has 0 saturated heterocycles. The molecule has 0 radical (unpaired) electrons. The second-order valence-corrected chi connectivity index (χ2v) is 9.94. The van der Waals surface area contributed by atoms with Crippen molar-refractivity contribution >= 4 is 0 Å². The molecule has 1 rings (SSSR count). The summed E-state index contributed by atoms with van der Waals surface area (Å²) < 4.78 is 0. The highest BCUT2D eigenvalue weighted by molar-refractivity contribution is 5.26. The summed E-state index contributed by atoms with van der Waals surface area (Å²) in [5.41, 5.74) is 3.74. The van der Waals surface area contributed by atoms with Crippen LogP contribution in [0.25, 0.3) is 0 Å². The molecule has 1 atom stereocenters. The zero-order chi connectivity index (χ0) is 21.4. The lowest BCUT2D eigenvalue weighted by Gasteiger charge is -2.43. The van der Waals surface area contributed by atoms with Crippen LogP contribution in [-0.2, 0) is 0 Å². The molecule has 0 amide bonds. The van der Waals surface area contributed by atoms with E-state index in [0.717, 1.165) is 25.7 Å². The van der Waals surface area contributed by atoms with Gasteiger partial charge in [-0.15, -0.1) is 0 Å². The number of benzene rings is 1. The summed E-state index contributed by atoms with van der Waals surface area (Å²) in [4.78, 5) is 0. The summed E-state index contributed by atoms with van der Waals surface area (Å²) in [7, 11) is 0. The van der Waals surface area contributed by atoms with Crippen molar-refractivity contribution in [3.05, 3.63) is 59.2 Å². The largest absolute Gasteiger partial charge is 0.198 e. The van der Waals surface area contributed by atoms with Gasteiger partial charge in [-0.3, -0.25) is 0 Å². The van der Waals surface area contributed by atoms with Gasteiger partial charge in [-0.05, 0) is 76.2 Å². The molecule has 1 heteroatoms. The van der Waals surface area contributed by atoms with Crippen LogP contribution in [0.1, 0.15) is 92.6 Å². The van der Waals surface area contributed by atoms with Crippen LogP contribution in [0.3, 0.4) is 0 Å². The van der Waals surface area contributed by atoms with E-state index in [0.29, 0.717) is 11.8 Å². The van der Waals surface area contributed by atoms with Crippen molar-refractivity contribution < 1.29 is 0 Å². The van der Waals surface area contributed by atoms with Gasteiger partial charge in [0, 0.05) is 0 Å². The van der Waals surface area contributed by atoms with Crippen molar-refractivity contribution in [3.8, 4) is 6.07 Å². The first-order valence-corrected chi connectivity index (χ1v) is 10.8. The lowest BCUT2D eigenvalue weighted by Crippen LogP contribution is -2.37. The molecule has 0 fully saturated rings. The third kappa shape index (κ3) is 6.97. The summed E-state index contributed by atoms with van der Waals surface area (Å²) in [6.07, 6.45) is 9.20. The Morgan fingerprint density at radius 2 is 1.64 bits per heavy atom. The average molecular weight is 380 g/mol. The maximum atomic E-state index is 9.82. The van der Waals surface area contributed by atoms with Crippen molar-refractivity contribution in [2.24, 2.45) is 16.7 Å². The molecular weight excluding hydrogens is 338 g/mol. The van der Waals surface area contributed by atoms with Gasteiger partial charge in [0.2, 0.25) is 0 Å². The van der Waals surface area contributed by atoms with Crippen LogP contribution in [0.15, 0.2) is 53.6 Å². The van der Waals surface area contributed by atoms with Crippen LogP contribution < -0.4 is 0 Å². The van der Waals surface area contributed by atoms with Gasteiger partial charge in [0.25, 0.3) is 0 Å². The molecule has 0 N–H and O–H groups in total. The first-order chi connectivity index (χ1) is 13.0. The van der Waals surface area contributed by atoms with Gasteiger partial charge in [-0.1, -0.05) is 81.3 Å².